The van der Waals surface area contributed by atoms with Crippen LogP contribution in [-0.4, -0.2) is 27.9 Å². The van der Waals surface area contributed by atoms with Crippen molar-refractivity contribution in [3.05, 3.63) is 90.0 Å². The number of rotatable bonds is 6. The van der Waals surface area contributed by atoms with Crippen LogP contribution in [0.5, 0.6) is 0 Å². The third-order valence-electron chi connectivity index (χ3n) is 5.72. The van der Waals surface area contributed by atoms with Crippen LogP contribution in [-0.2, 0) is 27.7 Å². The van der Waals surface area contributed by atoms with E-state index < -0.39 is 10.0 Å². The summed E-state index contributed by atoms with van der Waals surface area (Å²) in [5, 5.41) is 0. The number of amides is 1. The van der Waals surface area contributed by atoms with Crippen LogP contribution < -0.4 is 9.21 Å². The number of fused-ring (bicyclic) bond motifs is 1. The van der Waals surface area contributed by atoms with Gasteiger partial charge in [-0.25, -0.2) is 8.42 Å². The minimum Gasteiger partial charge on any atom is -0.315 e. The van der Waals surface area contributed by atoms with Crippen molar-refractivity contribution in [1.82, 2.24) is 0 Å². The maximum atomic E-state index is 13.2. The van der Waals surface area contributed by atoms with Crippen LogP contribution in [0.3, 0.4) is 0 Å². The third-order valence-corrected chi connectivity index (χ3v) is 7.55. The zero-order valence-corrected chi connectivity index (χ0v) is 18.4. The lowest BCUT2D eigenvalue weighted by atomic mass is 10.0. The van der Waals surface area contributed by atoms with Gasteiger partial charge in [-0.2, -0.15) is 0 Å². The maximum absolute atomic E-state index is 13.2. The Morgan fingerprint density at radius 2 is 1.61 bits per heavy atom. The fourth-order valence-corrected chi connectivity index (χ4v) is 5.46. The normalized spacial score (nSPS) is 13.5. The van der Waals surface area contributed by atoms with E-state index in [0.717, 1.165) is 35.3 Å². The number of para-hydroxylation sites is 2. The van der Waals surface area contributed by atoms with Crippen LogP contribution in [0.2, 0.25) is 0 Å². The summed E-state index contributed by atoms with van der Waals surface area (Å²) in [6.07, 6.45) is 2.62. The Morgan fingerprint density at radius 3 is 2.35 bits per heavy atom. The fraction of sp³-hybridized carbons (Fsp3) is 0.240. The highest BCUT2D eigenvalue weighted by Gasteiger charge is 2.28. The molecule has 0 fully saturated rings. The molecule has 0 saturated carbocycles. The van der Waals surface area contributed by atoms with Crippen LogP contribution in [0.25, 0.3) is 0 Å². The second-order valence-corrected chi connectivity index (χ2v) is 9.60. The van der Waals surface area contributed by atoms with Crippen molar-refractivity contribution in [3.8, 4) is 0 Å². The molecule has 5 nitrogen and oxygen atoms in total. The summed E-state index contributed by atoms with van der Waals surface area (Å²) in [5.41, 5.74) is 3.63. The maximum Gasteiger partial charge on any atom is 0.264 e. The molecule has 1 heterocycles. The number of hydrogen-bond donors (Lipinski definition) is 0. The van der Waals surface area contributed by atoms with Crippen molar-refractivity contribution in [2.24, 2.45) is 0 Å². The third kappa shape index (κ3) is 4.49. The largest absolute Gasteiger partial charge is 0.315 e. The molecular weight excluding hydrogens is 408 g/mol. The summed E-state index contributed by atoms with van der Waals surface area (Å²) >= 11 is 0. The van der Waals surface area contributed by atoms with Gasteiger partial charge < -0.3 is 4.90 Å². The summed E-state index contributed by atoms with van der Waals surface area (Å²) in [7, 11) is -1.85. The smallest absolute Gasteiger partial charge is 0.264 e. The molecule has 0 atom stereocenters. The summed E-state index contributed by atoms with van der Waals surface area (Å²) < 4.78 is 28.0. The van der Waals surface area contributed by atoms with Crippen LogP contribution in [0.15, 0.2) is 83.8 Å². The van der Waals surface area contributed by atoms with E-state index in [1.807, 2.05) is 54.6 Å². The zero-order valence-electron chi connectivity index (χ0n) is 17.6. The quantitative estimate of drug-likeness (QED) is 0.577. The number of aryl methyl sites for hydroxylation is 2. The summed E-state index contributed by atoms with van der Waals surface area (Å²) in [6, 6.07) is 24.1. The van der Waals surface area contributed by atoms with Gasteiger partial charge in [-0.3, -0.25) is 9.10 Å². The molecule has 3 aromatic carbocycles. The molecule has 1 amide bonds. The monoisotopic (exact) mass is 434 g/mol. The van der Waals surface area contributed by atoms with E-state index in [-0.39, 0.29) is 10.8 Å². The molecule has 31 heavy (non-hydrogen) atoms. The Labute approximate surface area is 184 Å². The van der Waals surface area contributed by atoms with Crippen molar-refractivity contribution in [2.75, 3.05) is 22.8 Å². The van der Waals surface area contributed by atoms with E-state index in [0.29, 0.717) is 19.4 Å². The minimum absolute atomic E-state index is 0.0211. The van der Waals surface area contributed by atoms with E-state index >= 15 is 0 Å². The molecule has 0 aromatic heterocycles. The van der Waals surface area contributed by atoms with E-state index in [1.54, 1.807) is 36.2 Å². The van der Waals surface area contributed by atoms with Crippen molar-refractivity contribution in [3.63, 3.8) is 0 Å². The Hall–Kier alpha value is -3.12. The number of benzene rings is 3. The van der Waals surface area contributed by atoms with Gasteiger partial charge in [0.1, 0.15) is 0 Å². The molecule has 0 spiro atoms. The first-order valence-electron chi connectivity index (χ1n) is 10.5. The molecule has 6 heteroatoms. The molecule has 0 aliphatic carbocycles. The second-order valence-electron chi connectivity index (χ2n) is 7.74. The van der Waals surface area contributed by atoms with Gasteiger partial charge >= 0.3 is 0 Å². The Bertz CT molecular complexity index is 1160. The molecule has 3 aromatic rings. The average molecular weight is 435 g/mol. The minimum atomic E-state index is -3.61. The number of carbonyl (C=O) groups excluding carboxylic acids is 1. The van der Waals surface area contributed by atoms with Gasteiger partial charge in [0.15, 0.2) is 0 Å². The van der Waals surface area contributed by atoms with Gasteiger partial charge in [-0.1, -0.05) is 48.5 Å². The van der Waals surface area contributed by atoms with E-state index in [1.165, 1.54) is 4.31 Å². The highest BCUT2D eigenvalue weighted by Crippen LogP contribution is 2.31. The van der Waals surface area contributed by atoms with Gasteiger partial charge in [0.05, 0.1) is 10.6 Å². The Balaban J connectivity index is 1.44. The molecule has 4 rings (SSSR count). The number of nitrogens with zero attached hydrogens (tertiary/aromatic N) is 2. The number of sulfonamides is 1. The van der Waals surface area contributed by atoms with Crippen LogP contribution >= 0.6 is 0 Å². The van der Waals surface area contributed by atoms with Crippen molar-refractivity contribution in [2.45, 2.75) is 30.6 Å². The Morgan fingerprint density at radius 1 is 0.935 bits per heavy atom. The van der Waals surface area contributed by atoms with Crippen LogP contribution in [0.1, 0.15) is 24.0 Å². The lowest BCUT2D eigenvalue weighted by Gasteiger charge is -2.30. The second kappa shape index (κ2) is 8.94. The zero-order chi connectivity index (χ0) is 21.8. The summed E-state index contributed by atoms with van der Waals surface area (Å²) in [6.45, 7) is 0.488. The average Bonchev–Trinajstić information content (AvgIpc) is 2.82. The molecule has 1 aliphatic heterocycles. The first-order chi connectivity index (χ1) is 15.0. The first-order valence-corrected chi connectivity index (χ1v) is 11.9. The molecule has 160 valence electrons. The lowest BCUT2D eigenvalue weighted by Crippen LogP contribution is -2.35. The molecule has 0 radical (unpaired) electrons. The molecule has 0 N–H and O–H groups in total. The van der Waals surface area contributed by atoms with Crippen molar-refractivity contribution < 1.29 is 13.2 Å². The summed E-state index contributed by atoms with van der Waals surface area (Å²) in [4.78, 5) is 14.4. The van der Waals surface area contributed by atoms with Crippen molar-refractivity contribution in [1.29, 1.82) is 0 Å². The first kappa shape index (κ1) is 21.1. The number of carbonyl (C=O) groups is 1. The molecule has 1 aliphatic rings. The van der Waals surface area contributed by atoms with Crippen LogP contribution in [0, 0.1) is 0 Å². The van der Waals surface area contributed by atoms with Gasteiger partial charge in [0.2, 0.25) is 5.91 Å². The summed E-state index contributed by atoms with van der Waals surface area (Å²) in [5.74, 6) is 0.0211. The van der Waals surface area contributed by atoms with Crippen LogP contribution in [0.4, 0.5) is 11.4 Å². The van der Waals surface area contributed by atoms with Gasteiger partial charge in [-0.15, -0.1) is 0 Å². The lowest BCUT2D eigenvalue weighted by molar-refractivity contribution is -0.118. The topological polar surface area (TPSA) is 57.7 Å². The highest BCUT2D eigenvalue weighted by atomic mass is 32.2. The Kier molecular flexibility index (Phi) is 6.09. The molecular formula is C25H26N2O3S. The SMILES string of the molecule is CN(C(=O)CCc1ccc(S(=O)(=O)N2CCCc3ccccc32)cc1)c1ccccc1. The predicted octanol–water partition coefficient (Wildman–Crippen LogP) is 4.42. The van der Waals surface area contributed by atoms with Crippen molar-refractivity contribution >= 4 is 27.3 Å². The fourth-order valence-electron chi connectivity index (χ4n) is 3.92. The molecule has 0 bridgehead atoms. The van der Waals surface area contributed by atoms with Gasteiger partial charge in [-0.05, 0) is 60.7 Å². The molecule has 0 saturated heterocycles. The van der Waals surface area contributed by atoms with E-state index in [9.17, 15) is 13.2 Å². The van der Waals surface area contributed by atoms with Gasteiger partial charge in [0.25, 0.3) is 10.0 Å². The predicted molar refractivity (Wildman–Crippen MR) is 124 cm³/mol. The highest BCUT2D eigenvalue weighted by molar-refractivity contribution is 7.92. The number of hydrogen-bond acceptors (Lipinski definition) is 3. The van der Waals surface area contributed by atoms with Gasteiger partial charge in [0, 0.05) is 25.7 Å². The van der Waals surface area contributed by atoms with E-state index in [4.69, 9.17) is 0 Å². The molecule has 0 unspecified atom stereocenters. The standard InChI is InChI=1S/C25H26N2O3S/c1-26(22-10-3-2-4-11-22)25(28)18-15-20-13-16-23(17-14-20)31(29,30)27-19-7-9-21-8-5-6-12-24(21)27/h2-6,8,10-14,16-17H,7,9,15,18-19H2,1H3. The number of anilines is 2. The van der Waals surface area contributed by atoms with E-state index in [2.05, 4.69) is 0 Å².